The third kappa shape index (κ3) is 4.91. The number of hydrogen-bond donors (Lipinski definition) is 1. The number of nitrogens with one attached hydrogen (secondary N) is 1. The van der Waals surface area contributed by atoms with E-state index in [9.17, 15) is 8.42 Å². The van der Waals surface area contributed by atoms with E-state index in [0.717, 1.165) is 13.1 Å². The SMILES string of the molecule is COc1ccc(S(=O)(=O)NCC(C)N2CC(C)OC(C)C2)cc1. The van der Waals surface area contributed by atoms with Crippen molar-refractivity contribution in [1.29, 1.82) is 0 Å². The van der Waals surface area contributed by atoms with E-state index in [0.29, 0.717) is 12.3 Å². The molecule has 0 bridgehead atoms. The van der Waals surface area contributed by atoms with Crippen LogP contribution in [-0.4, -0.2) is 58.3 Å². The van der Waals surface area contributed by atoms with Crippen molar-refractivity contribution >= 4 is 10.0 Å². The standard InChI is InChI=1S/C16H26N2O4S/c1-12(18-10-13(2)22-14(3)11-18)9-17-23(19,20)16-7-5-15(21-4)6-8-16/h5-8,12-14,17H,9-11H2,1-4H3. The van der Waals surface area contributed by atoms with E-state index in [1.165, 1.54) is 0 Å². The van der Waals surface area contributed by atoms with Gasteiger partial charge in [0.05, 0.1) is 24.2 Å². The number of sulfonamides is 1. The first-order chi connectivity index (χ1) is 10.8. The highest BCUT2D eigenvalue weighted by molar-refractivity contribution is 7.89. The molecular formula is C16H26N2O4S. The zero-order valence-electron chi connectivity index (χ0n) is 14.2. The van der Waals surface area contributed by atoms with Crippen molar-refractivity contribution in [3.05, 3.63) is 24.3 Å². The van der Waals surface area contributed by atoms with Crippen LogP contribution in [0.4, 0.5) is 0 Å². The van der Waals surface area contributed by atoms with E-state index in [4.69, 9.17) is 9.47 Å². The Morgan fingerprint density at radius 3 is 2.35 bits per heavy atom. The molecule has 0 aromatic heterocycles. The Morgan fingerprint density at radius 1 is 1.26 bits per heavy atom. The minimum absolute atomic E-state index is 0.108. The van der Waals surface area contributed by atoms with Crippen molar-refractivity contribution in [2.24, 2.45) is 0 Å². The Hall–Kier alpha value is -1.15. The Kier molecular flexibility index (Phi) is 6.02. The van der Waals surface area contributed by atoms with Gasteiger partial charge in [-0.25, -0.2) is 13.1 Å². The fourth-order valence-electron chi connectivity index (χ4n) is 2.78. The van der Waals surface area contributed by atoms with Crippen LogP contribution in [0.25, 0.3) is 0 Å². The van der Waals surface area contributed by atoms with Crippen LogP contribution >= 0.6 is 0 Å². The van der Waals surface area contributed by atoms with E-state index in [-0.39, 0.29) is 23.1 Å². The maximum absolute atomic E-state index is 12.4. The van der Waals surface area contributed by atoms with Crippen LogP contribution in [0.3, 0.4) is 0 Å². The Morgan fingerprint density at radius 2 is 1.83 bits per heavy atom. The van der Waals surface area contributed by atoms with Crippen LogP contribution in [0.2, 0.25) is 0 Å². The minimum atomic E-state index is -3.51. The van der Waals surface area contributed by atoms with Crippen molar-refractivity contribution < 1.29 is 17.9 Å². The quantitative estimate of drug-likeness (QED) is 0.848. The predicted octanol–water partition coefficient (Wildman–Crippen LogP) is 1.47. The number of morpholine rings is 1. The molecule has 0 radical (unpaired) electrons. The maximum atomic E-state index is 12.4. The van der Waals surface area contributed by atoms with Crippen LogP contribution < -0.4 is 9.46 Å². The molecule has 1 aromatic rings. The lowest BCUT2D eigenvalue weighted by molar-refractivity contribution is -0.0776. The average molecular weight is 342 g/mol. The molecule has 0 amide bonds. The number of benzene rings is 1. The molecule has 1 aromatic carbocycles. The molecular weight excluding hydrogens is 316 g/mol. The summed E-state index contributed by atoms with van der Waals surface area (Å²) in [5.41, 5.74) is 0. The van der Waals surface area contributed by atoms with Gasteiger partial charge in [-0.15, -0.1) is 0 Å². The maximum Gasteiger partial charge on any atom is 0.240 e. The smallest absolute Gasteiger partial charge is 0.240 e. The molecule has 0 saturated carbocycles. The molecule has 0 aliphatic carbocycles. The van der Waals surface area contributed by atoms with Crippen LogP contribution in [0.5, 0.6) is 5.75 Å². The second-order valence-electron chi connectivity index (χ2n) is 6.09. The first-order valence-electron chi connectivity index (χ1n) is 7.85. The van der Waals surface area contributed by atoms with Gasteiger partial charge in [0.2, 0.25) is 10.0 Å². The summed E-state index contributed by atoms with van der Waals surface area (Å²) >= 11 is 0. The Balaban J connectivity index is 1.95. The number of hydrogen-bond acceptors (Lipinski definition) is 5. The van der Waals surface area contributed by atoms with Crippen molar-refractivity contribution in [1.82, 2.24) is 9.62 Å². The summed E-state index contributed by atoms with van der Waals surface area (Å²) in [5, 5.41) is 0. The highest BCUT2D eigenvalue weighted by Crippen LogP contribution is 2.16. The van der Waals surface area contributed by atoms with Crippen LogP contribution in [0.1, 0.15) is 20.8 Å². The summed E-state index contributed by atoms with van der Waals surface area (Å²) in [6.45, 7) is 8.11. The van der Waals surface area contributed by atoms with Gasteiger partial charge in [0, 0.05) is 25.7 Å². The number of methoxy groups -OCH3 is 1. The second-order valence-corrected chi connectivity index (χ2v) is 7.85. The van der Waals surface area contributed by atoms with Crippen molar-refractivity contribution in [3.8, 4) is 5.75 Å². The molecule has 3 unspecified atom stereocenters. The van der Waals surface area contributed by atoms with Crippen molar-refractivity contribution in [2.45, 2.75) is 43.9 Å². The molecule has 1 heterocycles. The molecule has 2 rings (SSSR count). The Bertz CT molecular complexity index is 593. The van der Waals surface area contributed by atoms with Crippen LogP contribution in [0, 0.1) is 0 Å². The normalized spacial score (nSPS) is 24.3. The van der Waals surface area contributed by atoms with Gasteiger partial charge in [-0.05, 0) is 45.0 Å². The first-order valence-corrected chi connectivity index (χ1v) is 9.33. The second kappa shape index (κ2) is 7.61. The number of nitrogens with zero attached hydrogens (tertiary/aromatic N) is 1. The molecule has 6 nitrogen and oxygen atoms in total. The number of rotatable bonds is 6. The third-order valence-corrected chi connectivity index (χ3v) is 5.45. The lowest BCUT2D eigenvalue weighted by Crippen LogP contribution is -2.52. The monoisotopic (exact) mass is 342 g/mol. The summed E-state index contributed by atoms with van der Waals surface area (Å²) in [4.78, 5) is 2.50. The number of ether oxygens (including phenoxy) is 2. The lowest BCUT2D eigenvalue weighted by Gasteiger charge is -2.38. The van der Waals surface area contributed by atoms with Crippen molar-refractivity contribution in [2.75, 3.05) is 26.7 Å². The van der Waals surface area contributed by atoms with E-state index in [1.807, 2.05) is 20.8 Å². The molecule has 1 saturated heterocycles. The molecule has 1 N–H and O–H groups in total. The van der Waals surface area contributed by atoms with Gasteiger partial charge in [-0.3, -0.25) is 4.90 Å². The first kappa shape index (κ1) is 18.2. The third-order valence-electron chi connectivity index (χ3n) is 4.01. The largest absolute Gasteiger partial charge is 0.497 e. The van der Waals surface area contributed by atoms with Gasteiger partial charge < -0.3 is 9.47 Å². The summed E-state index contributed by atoms with van der Waals surface area (Å²) in [7, 11) is -1.96. The van der Waals surface area contributed by atoms with E-state index < -0.39 is 10.0 Å². The van der Waals surface area contributed by atoms with E-state index >= 15 is 0 Å². The van der Waals surface area contributed by atoms with Crippen molar-refractivity contribution in [3.63, 3.8) is 0 Å². The van der Waals surface area contributed by atoms with Gasteiger partial charge in [0.25, 0.3) is 0 Å². The fraction of sp³-hybridized carbons (Fsp3) is 0.625. The fourth-order valence-corrected chi connectivity index (χ4v) is 3.90. The Labute approximate surface area is 138 Å². The summed E-state index contributed by atoms with van der Waals surface area (Å²) in [6, 6.07) is 6.49. The minimum Gasteiger partial charge on any atom is -0.497 e. The highest BCUT2D eigenvalue weighted by atomic mass is 32.2. The van der Waals surface area contributed by atoms with Crippen LogP contribution in [0.15, 0.2) is 29.2 Å². The molecule has 1 aliphatic heterocycles. The lowest BCUT2D eigenvalue weighted by atomic mass is 10.2. The highest BCUT2D eigenvalue weighted by Gasteiger charge is 2.26. The van der Waals surface area contributed by atoms with Gasteiger partial charge >= 0.3 is 0 Å². The van der Waals surface area contributed by atoms with E-state index in [2.05, 4.69) is 9.62 Å². The van der Waals surface area contributed by atoms with Crippen LogP contribution in [-0.2, 0) is 14.8 Å². The van der Waals surface area contributed by atoms with Gasteiger partial charge in [0.1, 0.15) is 5.75 Å². The zero-order chi connectivity index (χ0) is 17.0. The zero-order valence-corrected chi connectivity index (χ0v) is 15.0. The molecule has 0 spiro atoms. The topological polar surface area (TPSA) is 67.9 Å². The van der Waals surface area contributed by atoms with Gasteiger partial charge in [-0.2, -0.15) is 0 Å². The molecule has 3 atom stereocenters. The average Bonchev–Trinajstić information content (AvgIpc) is 2.52. The summed E-state index contributed by atoms with van der Waals surface area (Å²) in [5.74, 6) is 0.633. The molecule has 130 valence electrons. The summed E-state index contributed by atoms with van der Waals surface area (Å²) in [6.07, 6.45) is 0.332. The summed E-state index contributed by atoms with van der Waals surface area (Å²) < 4.78 is 38.2. The van der Waals surface area contributed by atoms with E-state index in [1.54, 1.807) is 31.4 Å². The molecule has 23 heavy (non-hydrogen) atoms. The molecule has 1 aliphatic rings. The molecule has 1 fully saturated rings. The van der Waals surface area contributed by atoms with Gasteiger partial charge in [0.15, 0.2) is 0 Å². The predicted molar refractivity (Wildman–Crippen MR) is 89.2 cm³/mol. The molecule has 7 heteroatoms. The van der Waals surface area contributed by atoms with Gasteiger partial charge in [-0.1, -0.05) is 0 Å².